The Morgan fingerprint density at radius 2 is 1.62 bits per heavy atom. The molecule has 0 heterocycles. The Labute approximate surface area is 100 Å². The summed E-state index contributed by atoms with van der Waals surface area (Å²) in [5.41, 5.74) is 4.83. The van der Waals surface area contributed by atoms with Crippen molar-refractivity contribution in [2.75, 3.05) is 0 Å². The van der Waals surface area contributed by atoms with Gasteiger partial charge in [-0.05, 0) is 36.1 Å². The first-order valence-electron chi connectivity index (χ1n) is 5.72. The Morgan fingerprint density at radius 1 is 1.06 bits per heavy atom. The van der Waals surface area contributed by atoms with Gasteiger partial charge in [-0.25, -0.2) is 0 Å². The lowest BCUT2D eigenvalue weighted by molar-refractivity contribution is 1.41. The molecule has 0 aromatic heterocycles. The summed E-state index contributed by atoms with van der Waals surface area (Å²) < 4.78 is 0. The van der Waals surface area contributed by atoms with E-state index in [1.807, 2.05) is 38.1 Å². The molecule has 86 valence electrons. The maximum Gasteiger partial charge on any atom is -0.0152 e. The summed E-state index contributed by atoms with van der Waals surface area (Å²) in [4.78, 5) is 0. The predicted molar refractivity (Wildman–Crippen MR) is 75.5 cm³/mol. The number of allylic oxidation sites excluding steroid dienone is 4. The number of hydrogen-bond donors (Lipinski definition) is 0. The minimum Gasteiger partial charge on any atom is -0.0988 e. The van der Waals surface area contributed by atoms with Crippen LogP contribution in [0.4, 0.5) is 0 Å². The van der Waals surface area contributed by atoms with E-state index >= 15 is 0 Å². The third-order valence-corrected chi connectivity index (χ3v) is 2.37. The SMILES string of the molecule is C=C/C(C)=C(\C=C)c1ccccc1C.CC. The van der Waals surface area contributed by atoms with Crippen molar-refractivity contribution in [1.82, 2.24) is 0 Å². The number of rotatable bonds is 3. The molecule has 1 rings (SSSR count). The van der Waals surface area contributed by atoms with E-state index in [0.717, 1.165) is 11.1 Å². The lowest BCUT2D eigenvalue weighted by atomic mass is 9.97. The highest BCUT2D eigenvalue weighted by molar-refractivity contribution is 5.79. The molecule has 0 bridgehead atoms. The van der Waals surface area contributed by atoms with Crippen LogP contribution in [-0.2, 0) is 0 Å². The van der Waals surface area contributed by atoms with Gasteiger partial charge in [0.2, 0.25) is 0 Å². The molecular weight excluding hydrogens is 192 g/mol. The third kappa shape index (κ3) is 3.54. The topological polar surface area (TPSA) is 0 Å². The van der Waals surface area contributed by atoms with E-state index in [9.17, 15) is 0 Å². The van der Waals surface area contributed by atoms with Gasteiger partial charge in [-0.2, -0.15) is 0 Å². The first-order chi connectivity index (χ1) is 7.70. The van der Waals surface area contributed by atoms with Gasteiger partial charge in [0.15, 0.2) is 0 Å². The zero-order valence-electron chi connectivity index (χ0n) is 10.9. The van der Waals surface area contributed by atoms with Crippen molar-refractivity contribution in [3.8, 4) is 0 Å². The fourth-order valence-electron chi connectivity index (χ4n) is 1.47. The smallest absolute Gasteiger partial charge is 0.0152 e. The van der Waals surface area contributed by atoms with Crippen LogP contribution in [0.15, 0.2) is 55.1 Å². The highest BCUT2D eigenvalue weighted by atomic mass is 14.1. The lowest BCUT2D eigenvalue weighted by Gasteiger charge is -2.08. The van der Waals surface area contributed by atoms with Crippen LogP contribution in [0, 0.1) is 6.92 Å². The van der Waals surface area contributed by atoms with E-state index in [2.05, 4.69) is 39.1 Å². The van der Waals surface area contributed by atoms with Crippen LogP contribution in [0.25, 0.3) is 5.57 Å². The van der Waals surface area contributed by atoms with Gasteiger partial charge in [-0.15, -0.1) is 0 Å². The lowest BCUT2D eigenvalue weighted by Crippen LogP contribution is -1.88. The summed E-state index contributed by atoms with van der Waals surface area (Å²) in [7, 11) is 0. The second-order valence-corrected chi connectivity index (χ2v) is 3.32. The van der Waals surface area contributed by atoms with Crippen LogP contribution in [0.2, 0.25) is 0 Å². The Bertz CT molecular complexity index is 381. The first kappa shape index (κ1) is 14.4. The molecular formula is C16H22. The molecule has 0 aliphatic carbocycles. The normalized spacial score (nSPS) is 10.8. The molecule has 16 heavy (non-hydrogen) atoms. The Morgan fingerprint density at radius 3 is 2.06 bits per heavy atom. The van der Waals surface area contributed by atoms with Gasteiger partial charge < -0.3 is 0 Å². The molecule has 0 amide bonds. The zero-order chi connectivity index (χ0) is 12.6. The largest absolute Gasteiger partial charge is 0.0988 e. The Balaban J connectivity index is 0.00000106. The van der Waals surface area contributed by atoms with Gasteiger partial charge in [-0.1, -0.05) is 63.4 Å². The van der Waals surface area contributed by atoms with Gasteiger partial charge in [0, 0.05) is 0 Å². The summed E-state index contributed by atoms with van der Waals surface area (Å²) in [5, 5.41) is 0. The quantitative estimate of drug-likeness (QED) is 0.609. The van der Waals surface area contributed by atoms with Crippen LogP contribution >= 0.6 is 0 Å². The number of benzene rings is 1. The van der Waals surface area contributed by atoms with Gasteiger partial charge in [0.05, 0.1) is 0 Å². The molecule has 0 atom stereocenters. The van der Waals surface area contributed by atoms with Crippen LogP contribution in [-0.4, -0.2) is 0 Å². The molecule has 0 spiro atoms. The fraction of sp³-hybridized carbons (Fsp3) is 0.250. The van der Waals surface area contributed by atoms with Crippen LogP contribution < -0.4 is 0 Å². The molecule has 0 unspecified atom stereocenters. The highest BCUT2D eigenvalue weighted by Gasteiger charge is 2.02. The van der Waals surface area contributed by atoms with E-state index in [1.54, 1.807) is 0 Å². The van der Waals surface area contributed by atoms with E-state index in [-0.39, 0.29) is 0 Å². The van der Waals surface area contributed by atoms with Gasteiger partial charge in [-0.3, -0.25) is 0 Å². The molecule has 0 saturated carbocycles. The fourth-order valence-corrected chi connectivity index (χ4v) is 1.47. The van der Waals surface area contributed by atoms with Crippen molar-refractivity contribution in [3.63, 3.8) is 0 Å². The minimum atomic E-state index is 1.16. The minimum absolute atomic E-state index is 1.16. The van der Waals surface area contributed by atoms with E-state index in [4.69, 9.17) is 0 Å². The number of hydrogen-bond acceptors (Lipinski definition) is 0. The van der Waals surface area contributed by atoms with Crippen LogP contribution in [0.5, 0.6) is 0 Å². The average Bonchev–Trinajstić information content (AvgIpc) is 2.34. The van der Waals surface area contributed by atoms with Gasteiger partial charge >= 0.3 is 0 Å². The molecule has 0 fully saturated rings. The molecule has 0 nitrogen and oxygen atoms in total. The molecule has 0 aliphatic rings. The van der Waals surface area contributed by atoms with Crippen molar-refractivity contribution in [1.29, 1.82) is 0 Å². The average molecular weight is 214 g/mol. The second-order valence-electron chi connectivity index (χ2n) is 3.32. The van der Waals surface area contributed by atoms with E-state index in [1.165, 1.54) is 11.1 Å². The summed E-state index contributed by atoms with van der Waals surface area (Å²) in [6, 6.07) is 8.31. The van der Waals surface area contributed by atoms with Gasteiger partial charge in [0.25, 0.3) is 0 Å². The second kappa shape index (κ2) is 7.70. The molecule has 0 N–H and O–H groups in total. The summed E-state index contributed by atoms with van der Waals surface area (Å²) >= 11 is 0. The van der Waals surface area contributed by atoms with Crippen molar-refractivity contribution in [2.45, 2.75) is 27.7 Å². The first-order valence-corrected chi connectivity index (χ1v) is 5.72. The van der Waals surface area contributed by atoms with Crippen molar-refractivity contribution >= 4 is 5.57 Å². The summed E-state index contributed by atoms with van der Waals surface area (Å²) in [5.74, 6) is 0. The van der Waals surface area contributed by atoms with Gasteiger partial charge in [0.1, 0.15) is 0 Å². The monoisotopic (exact) mass is 214 g/mol. The van der Waals surface area contributed by atoms with Crippen molar-refractivity contribution in [3.05, 3.63) is 66.3 Å². The van der Waals surface area contributed by atoms with E-state index in [0.29, 0.717) is 0 Å². The Hall–Kier alpha value is -1.56. The molecule has 0 aliphatic heterocycles. The summed E-state index contributed by atoms with van der Waals surface area (Å²) in [6.07, 6.45) is 3.75. The molecule has 0 saturated heterocycles. The van der Waals surface area contributed by atoms with E-state index < -0.39 is 0 Å². The maximum absolute atomic E-state index is 3.84. The molecule has 0 heteroatoms. The Kier molecular flexibility index (Phi) is 6.95. The third-order valence-electron chi connectivity index (χ3n) is 2.37. The standard InChI is InChI=1S/C14H16.C2H6/c1-5-11(3)13(6-2)14-10-8-7-9-12(14)4;1-2/h5-10H,1-2H2,3-4H3;1-2H3/b13-11+;. The number of aryl methyl sites for hydroxylation is 1. The molecule has 1 aromatic carbocycles. The molecule has 1 aromatic rings. The van der Waals surface area contributed by atoms with Crippen LogP contribution in [0.3, 0.4) is 0 Å². The van der Waals surface area contributed by atoms with Crippen molar-refractivity contribution < 1.29 is 0 Å². The zero-order valence-corrected chi connectivity index (χ0v) is 10.9. The molecule has 0 radical (unpaired) electrons. The summed E-state index contributed by atoms with van der Waals surface area (Å²) in [6.45, 7) is 15.8. The maximum atomic E-state index is 3.84. The highest BCUT2D eigenvalue weighted by Crippen LogP contribution is 2.23. The predicted octanol–water partition coefficient (Wildman–Crippen LogP) is 5.17. The van der Waals surface area contributed by atoms with Crippen LogP contribution in [0.1, 0.15) is 31.9 Å². The van der Waals surface area contributed by atoms with Crippen molar-refractivity contribution in [2.24, 2.45) is 0 Å².